The van der Waals surface area contributed by atoms with Crippen LogP contribution >= 0.6 is 0 Å². The minimum atomic E-state index is 0. The van der Waals surface area contributed by atoms with Gasteiger partial charge in [-0.15, -0.1) is 0 Å². The normalized spacial score (nSPS) is 42.0. The molecule has 0 amide bonds. The van der Waals surface area contributed by atoms with Crippen molar-refractivity contribution < 1.29 is 0 Å². The lowest BCUT2D eigenvalue weighted by molar-refractivity contribution is 0.382. The topological polar surface area (TPSA) is 41.5 Å². The van der Waals surface area contributed by atoms with E-state index in [2.05, 4.69) is 9.80 Å². The van der Waals surface area contributed by atoms with Gasteiger partial charge in [-0.05, 0) is 0 Å². The van der Waals surface area contributed by atoms with Gasteiger partial charge in [-0.3, -0.25) is 9.80 Å². The summed E-state index contributed by atoms with van der Waals surface area (Å²) in [6.45, 7) is 6.53. The van der Waals surface area contributed by atoms with Gasteiger partial charge >= 0.3 is 0 Å². The fourth-order valence-corrected chi connectivity index (χ4v) is 1.35. The molecule has 2 heterocycles. The number of rotatable bonds is 0. The molecule has 0 unspecified atom stereocenters. The Bertz CT molecular complexity index is 65.7. The molecule has 2 rings (SSSR count). The Balaban J connectivity index is 0.000000320. The van der Waals surface area contributed by atoms with Gasteiger partial charge in [-0.25, -0.2) is 0 Å². The van der Waals surface area contributed by atoms with Gasteiger partial charge < -0.3 is 6.15 Å². The summed E-state index contributed by atoms with van der Waals surface area (Å²) < 4.78 is 0. The molecule has 0 aliphatic carbocycles. The molecular formula is C5H13N3. The molecule has 2 saturated heterocycles. The van der Waals surface area contributed by atoms with Gasteiger partial charge in [0.25, 0.3) is 0 Å². The van der Waals surface area contributed by atoms with Gasteiger partial charge in [0, 0.05) is 26.2 Å². The molecule has 8 heavy (non-hydrogen) atoms. The van der Waals surface area contributed by atoms with E-state index >= 15 is 0 Å². The van der Waals surface area contributed by atoms with E-state index in [-0.39, 0.29) is 6.15 Å². The van der Waals surface area contributed by atoms with E-state index in [0.29, 0.717) is 0 Å². The Labute approximate surface area is 49.8 Å². The van der Waals surface area contributed by atoms with E-state index in [1.54, 1.807) is 0 Å². The molecule has 2 bridgehead atoms. The Hall–Kier alpha value is -0.120. The lowest BCUT2D eigenvalue weighted by Crippen LogP contribution is -2.24. The van der Waals surface area contributed by atoms with Crippen LogP contribution in [0.4, 0.5) is 0 Å². The first-order valence-electron chi connectivity index (χ1n) is 2.90. The van der Waals surface area contributed by atoms with Crippen LogP contribution in [0.25, 0.3) is 0 Å². The molecule has 48 valence electrons. The van der Waals surface area contributed by atoms with E-state index in [1.165, 1.54) is 32.8 Å². The van der Waals surface area contributed by atoms with Crippen molar-refractivity contribution >= 4 is 0 Å². The zero-order valence-electron chi connectivity index (χ0n) is 5.14. The number of hydrogen-bond donors (Lipinski definition) is 1. The third-order valence-electron chi connectivity index (χ3n) is 1.86. The summed E-state index contributed by atoms with van der Waals surface area (Å²) in [6, 6.07) is 0. The summed E-state index contributed by atoms with van der Waals surface area (Å²) in [5.41, 5.74) is 0. The van der Waals surface area contributed by atoms with Crippen molar-refractivity contribution in [1.29, 1.82) is 0 Å². The standard InChI is InChI=1S/C5H10N2.H3N/c1-2-7-4-3-6(1)5-7;/h1-5H2;1H3. The molecule has 3 heteroatoms. The van der Waals surface area contributed by atoms with Crippen molar-refractivity contribution in [2.24, 2.45) is 0 Å². The average Bonchev–Trinajstić information content (AvgIpc) is 2.22. The molecule has 0 aromatic rings. The second-order valence-electron chi connectivity index (χ2n) is 2.38. The highest BCUT2D eigenvalue weighted by Crippen LogP contribution is 2.10. The highest BCUT2D eigenvalue weighted by atomic mass is 15.4. The average molecular weight is 115 g/mol. The molecular weight excluding hydrogens is 102 g/mol. The largest absolute Gasteiger partial charge is 0.344 e. The fraction of sp³-hybridized carbons (Fsp3) is 1.00. The molecule has 0 spiro atoms. The van der Waals surface area contributed by atoms with Crippen LogP contribution < -0.4 is 6.15 Å². The van der Waals surface area contributed by atoms with Crippen molar-refractivity contribution in [2.45, 2.75) is 0 Å². The van der Waals surface area contributed by atoms with Crippen LogP contribution in [0.1, 0.15) is 0 Å². The molecule has 0 saturated carbocycles. The van der Waals surface area contributed by atoms with E-state index in [4.69, 9.17) is 0 Å². The maximum atomic E-state index is 2.49. The van der Waals surface area contributed by atoms with Crippen LogP contribution in [0, 0.1) is 0 Å². The third kappa shape index (κ3) is 0.727. The monoisotopic (exact) mass is 115 g/mol. The fourth-order valence-electron chi connectivity index (χ4n) is 1.35. The second-order valence-corrected chi connectivity index (χ2v) is 2.38. The first-order valence-corrected chi connectivity index (χ1v) is 2.90. The summed E-state index contributed by atoms with van der Waals surface area (Å²) in [6.07, 6.45) is 0. The summed E-state index contributed by atoms with van der Waals surface area (Å²) in [7, 11) is 0. The SMILES string of the molecule is C1CN2CCN1C2.N. The predicted molar refractivity (Wildman–Crippen MR) is 33.0 cm³/mol. The minimum Gasteiger partial charge on any atom is -0.344 e. The van der Waals surface area contributed by atoms with Crippen LogP contribution in [-0.2, 0) is 0 Å². The molecule has 2 aliphatic heterocycles. The zero-order valence-corrected chi connectivity index (χ0v) is 5.14. The lowest BCUT2D eigenvalue weighted by Gasteiger charge is -2.09. The maximum Gasteiger partial charge on any atom is 0.0508 e. The van der Waals surface area contributed by atoms with E-state index in [0.717, 1.165) is 0 Å². The van der Waals surface area contributed by atoms with Crippen molar-refractivity contribution in [3.05, 3.63) is 0 Å². The summed E-state index contributed by atoms with van der Waals surface area (Å²) in [4.78, 5) is 4.97. The highest BCUT2D eigenvalue weighted by molar-refractivity contribution is 4.78. The number of hydrogen-bond acceptors (Lipinski definition) is 3. The summed E-state index contributed by atoms with van der Waals surface area (Å²) in [5, 5.41) is 0. The first kappa shape index (κ1) is 6.01. The second kappa shape index (κ2) is 2.01. The van der Waals surface area contributed by atoms with E-state index in [9.17, 15) is 0 Å². The number of nitrogens with zero attached hydrogens (tertiary/aromatic N) is 2. The Morgan fingerprint density at radius 1 is 0.750 bits per heavy atom. The molecule has 0 atom stereocenters. The van der Waals surface area contributed by atoms with Crippen LogP contribution in [0.15, 0.2) is 0 Å². The van der Waals surface area contributed by atoms with Crippen LogP contribution in [-0.4, -0.2) is 42.6 Å². The number of fused-ring (bicyclic) bond motifs is 2. The highest BCUT2D eigenvalue weighted by Gasteiger charge is 2.25. The quantitative estimate of drug-likeness (QED) is 0.473. The first-order chi connectivity index (χ1) is 3.45. The van der Waals surface area contributed by atoms with Crippen molar-refractivity contribution in [1.82, 2.24) is 16.0 Å². The molecule has 3 N–H and O–H groups in total. The van der Waals surface area contributed by atoms with Crippen LogP contribution in [0.3, 0.4) is 0 Å². The van der Waals surface area contributed by atoms with Crippen LogP contribution in [0.5, 0.6) is 0 Å². The molecule has 0 radical (unpaired) electrons. The molecule has 3 nitrogen and oxygen atoms in total. The van der Waals surface area contributed by atoms with Gasteiger partial charge in [0.1, 0.15) is 0 Å². The predicted octanol–water partition coefficient (Wildman–Crippen LogP) is -0.263. The Morgan fingerprint density at radius 3 is 1.25 bits per heavy atom. The maximum absolute atomic E-state index is 2.49. The molecule has 2 fully saturated rings. The van der Waals surface area contributed by atoms with Gasteiger partial charge in [0.2, 0.25) is 0 Å². The smallest absolute Gasteiger partial charge is 0.0508 e. The zero-order chi connectivity index (χ0) is 4.69. The van der Waals surface area contributed by atoms with Gasteiger partial charge in [0.15, 0.2) is 0 Å². The Kier molecular flexibility index (Phi) is 1.51. The van der Waals surface area contributed by atoms with Crippen molar-refractivity contribution in [3.8, 4) is 0 Å². The van der Waals surface area contributed by atoms with Crippen molar-refractivity contribution in [3.63, 3.8) is 0 Å². The van der Waals surface area contributed by atoms with Crippen LogP contribution in [0.2, 0.25) is 0 Å². The Morgan fingerprint density at radius 2 is 1.12 bits per heavy atom. The minimum absolute atomic E-state index is 0. The molecule has 0 aromatic carbocycles. The van der Waals surface area contributed by atoms with Gasteiger partial charge in [-0.2, -0.15) is 0 Å². The molecule has 2 aliphatic rings. The number of piperazine rings is 1. The van der Waals surface area contributed by atoms with Gasteiger partial charge in [0.05, 0.1) is 6.67 Å². The summed E-state index contributed by atoms with van der Waals surface area (Å²) in [5.74, 6) is 0. The lowest BCUT2D eigenvalue weighted by atomic mass is 10.4. The van der Waals surface area contributed by atoms with E-state index < -0.39 is 0 Å². The summed E-state index contributed by atoms with van der Waals surface area (Å²) >= 11 is 0. The van der Waals surface area contributed by atoms with Gasteiger partial charge in [-0.1, -0.05) is 0 Å². The third-order valence-corrected chi connectivity index (χ3v) is 1.86. The molecule has 0 aromatic heterocycles. The van der Waals surface area contributed by atoms with Crippen molar-refractivity contribution in [2.75, 3.05) is 32.8 Å². The van der Waals surface area contributed by atoms with E-state index in [1.807, 2.05) is 0 Å².